The van der Waals surface area contributed by atoms with Crippen LogP contribution in [0.4, 0.5) is 5.95 Å². The Labute approximate surface area is 101 Å². The summed E-state index contributed by atoms with van der Waals surface area (Å²) in [6, 6.07) is 3.92. The SMILES string of the molecule is CCN(C)CCn1c(N)nc2ccc(C)nc21. The monoisotopic (exact) mass is 233 g/mol. The van der Waals surface area contributed by atoms with Crippen molar-refractivity contribution in [1.82, 2.24) is 19.4 Å². The van der Waals surface area contributed by atoms with Crippen molar-refractivity contribution in [3.05, 3.63) is 17.8 Å². The van der Waals surface area contributed by atoms with Gasteiger partial charge in [0.2, 0.25) is 5.95 Å². The van der Waals surface area contributed by atoms with Gasteiger partial charge < -0.3 is 10.6 Å². The molecule has 2 aromatic heterocycles. The Kier molecular flexibility index (Phi) is 3.28. The summed E-state index contributed by atoms with van der Waals surface area (Å²) in [5.41, 5.74) is 8.66. The largest absolute Gasteiger partial charge is 0.369 e. The standard InChI is InChI=1S/C12H19N5/c1-4-16(3)7-8-17-11-10(15-12(17)13)6-5-9(2)14-11/h5-6H,4,7-8H2,1-3H3,(H2,13,15). The van der Waals surface area contributed by atoms with E-state index >= 15 is 0 Å². The molecule has 0 aliphatic carbocycles. The number of aromatic nitrogens is 3. The predicted molar refractivity (Wildman–Crippen MR) is 69.8 cm³/mol. The number of nitrogen functional groups attached to an aromatic ring is 1. The zero-order valence-electron chi connectivity index (χ0n) is 10.6. The van der Waals surface area contributed by atoms with Crippen LogP contribution in [0.1, 0.15) is 12.6 Å². The van der Waals surface area contributed by atoms with Crippen molar-refractivity contribution in [3.8, 4) is 0 Å². The first kappa shape index (κ1) is 11.9. The maximum Gasteiger partial charge on any atom is 0.202 e. The van der Waals surface area contributed by atoms with Crippen LogP contribution in [0, 0.1) is 6.92 Å². The number of hydrogen-bond donors (Lipinski definition) is 1. The molecule has 0 amide bonds. The molecule has 2 rings (SSSR count). The van der Waals surface area contributed by atoms with Crippen LogP contribution in [0.2, 0.25) is 0 Å². The predicted octanol–water partition coefficient (Wildman–Crippen LogP) is 1.27. The number of nitrogens with two attached hydrogens (primary N) is 1. The van der Waals surface area contributed by atoms with Gasteiger partial charge in [0.25, 0.3) is 0 Å². The zero-order chi connectivity index (χ0) is 12.4. The molecule has 0 radical (unpaired) electrons. The Hall–Kier alpha value is -1.62. The molecule has 2 N–H and O–H groups in total. The fraction of sp³-hybridized carbons (Fsp3) is 0.500. The summed E-state index contributed by atoms with van der Waals surface area (Å²) in [6.07, 6.45) is 0. The average molecular weight is 233 g/mol. The summed E-state index contributed by atoms with van der Waals surface area (Å²) in [4.78, 5) is 11.1. The smallest absolute Gasteiger partial charge is 0.202 e. The lowest BCUT2D eigenvalue weighted by Crippen LogP contribution is -2.23. The van der Waals surface area contributed by atoms with Gasteiger partial charge in [-0.15, -0.1) is 0 Å². The molecule has 0 unspecified atom stereocenters. The molecule has 0 aliphatic heterocycles. The van der Waals surface area contributed by atoms with Crippen LogP contribution in [-0.2, 0) is 6.54 Å². The van der Waals surface area contributed by atoms with E-state index in [1.807, 2.05) is 23.6 Å². The highest BCUT2D eigenvalue weighted by Crippen LogP contribution is 2.16. The van der Waals surface area contributed by atoms with Crippen LogP contribution in [0.3, 0.4) is 0 Å². The van der Waals surface area contributed by atoms with Crippen molar-refractivity contribution in [1.29, 1.82) is 0 Å². The quantitative estimate of drug-likeness (QED) is 0.864. The number of pyridine rings is 1. The van der Waals surface area contributed by atoms with Crippen LogP contribution in [0.15, 0.2) is 12.1 Å². The molecule has 92 valence electrons. The number of nitrogens with zero attached hydrogens (tertiary/aromatic N) is 4. The molecular formula is C12H19N5. The Morgan fingerprint density at radius 3 is 2.82 bits per heavy atom. The first-order chi connectivity index (χ1) is 8.11. The molecule has 17 heavy (non-hydrogen) atoms. The lowest BCUT2D eigenvalue weighted by molar-refractivity contribution is 0.338. The molecule has 0 bridgehead atoms. The first-order valence-electron chi connectivity index (χ1n) is 5.89. The molecular weight excluding hydrogens is 214 g/mol. The summed E-state index contributed by atoms with van der Waals surface area (Å²) in [6.45, 7) is 6.91. The maximum atomic E-state index is 5.92. The number of aryl methyl sites for hydroxylation is 1. The Bertz CT molecular complexity index is 517. The third kappa shape index (κ3) is 2.39. The third-order valence-corrected chi connectivity index (χ3v) is 3.01. The fourth-order valence-corrected chi connectivity index (χ4v) is 1.76. The second-order valence-corrected chi connectivity index (χ2v) is 4.31. The van der Waals surface area contributed by atoms with E-state index in [0.29, 0.717) is 5.95 Å². The highest BCUT2D eigenvalue weighted by molar-refractivity contribution is 5.74. The Morgan fingerprint density at radius 2 is 2.12 bits per heavy atom. The van der Waals surface area contributed by atoms with E-state index in [1.165, 1.54) is 0 Å². The highest BCUT2D eigenvalue weighted by Gasteiger charge is 2.09. The Morgan fingerprint density at radius 1 is 1.35 bits per heavy atom. The average Bonchev–Trinajstić information content (AvgIpc) is 2.61. The molecule has 0 spiro atoms. The van der Waals surface area contributed by atoms with E-state index in [2.05, 4.69) is 28.8 Å². The zero-order valence-corrected chi connectivity index (χ0v) is 10.6. The highest BCUT2D eigenvalue weighted by atomic mass is 15.2. The number of rotatable bonds is 4. The van der Waals surface area contributed by atoms with Gasteiger partial charge in [-0.1, -0.05) is 6.92 Å². The minimum atomic E-state index is 0.544. The van der Waals surface area contributed by atoms with Crippen molar-refractivity contribution in [2.75, 3.05) is 25.9 Å². The van der Waals surface area contributed by atoms with Crippen LogP contribution in [0.5, 0.6) is 0 Å². The molecule has 0 aliphatic rings. The van der Waals surface area contributed by atoms with Crippen LogP contribution in [-0.4, -0.2) is 39.6 Å². The lowest BCUT2D eigenvalue weighted by Gasteiger charge is -2.14. The summed E-state index contributed by atoms with van der Waals surface area (Å²) in [7, 11) is 2.09. The van der Waals surface area contributed by atoms with E-state index in [0.717, 1.165) is 36.5 Å². The summed E-state index contributed by atoms with van der Waals surface area (Å²) in [5.74, 6) is 0.544. The van der Waals surface area contributed by atoms with Gasteiger partial charge in [-0.3, -0.25) is 4.57 Å². The van der Waals surface area contributed by atoms with Gasteiger partial charge in [-0.25, -0.2) is 9.97 Å². The van der Waals surface area contributed by atoms with Gasteiger partial charge in [0.15, 0.2) is 5.65 Å². The number of imidazole rings is 1. The third-order valence-electron chi connectivity index (χ3n) is 3.01. The van der Waals surface area contributed by atoms with E-state index in [9.17, 15) is 0 Å². The van der Waals surface area contributed by atoms with Gasteiger partial charge in [0.05, 0.1) is 0 Å². The van der Waals surface area contributed by atoms with Crippen LogP contribution >= 0.6 is 0 Å². The molecule has 0 aromatic carbocycles. The normalized spacial score (nSPS) is 11.5. The van der Waals surface area contributed by atoms with E-state index in [4.69, 9.17) is 5.73 Å². The number of fused-ring (bicyclic) bond motifs is 1. The summed E-state index contributed by atoms with van der Waals surface area (Å²) >= 11 is 0. The molecule has 0 saturated heterocycles. The molecule has 0 atom stereocenters. The Balaban J connectivity index is 2.32. The lowest BCUT2D eigenvalue weighted by atomic mass is 10.3. The van der Waals surface area contributed by atoms with E-state index in [-0.39, 0.29) is 0 Å². The first-order valence-corrected chi connectivity index (χ1v) is 5.89. The summed E-state index contributed by atoms with van der Waals surface area (Å²) in [5, 5.41) is 0. The van der Waals surface area contributed by atoms with E-state index < -0.39 is 0 Å². The van der Waals surface area contributed by atoms with E-state index in [1.54, 1.807) is 0 Å². The second-order valence-electron chi connectivity index (χ2n) is 4.31. The number of likely N-dealkylation sites (N-methyl/N-ethyl adjacent to an activating group) is 1. The van der Waals surface area contributed by atoms with Crippen molar-refractivity contribution in [2.24, 2.45) is 0 Å². The molecule has 2 aromatic rings. The van der Waals surface area contributed by atoms with Gasteiger partial charge in [0.1, 0.15) is 5.52 Å². The minimum absolute atomic E-state index is 0.544. The van der Waals surface area contributed by atoms with Gasteiger partial charge in [-0.2, -0.15) is 0 Å². The maximum absolute atomic E-state index is 5.92. The van der Waals surface area contributed by atoms with Crippen molar-refractivity contribution < 1.29 is 0 Å². The topological polar surface area (TPSA) is 60.0 Å². The molecule has 5 nitrogen and oxygen atoms in total. The summed E-state index contributed by atoms with van der Waals surface area (Å²) < 4.78 is 1.98. The van der Waals surface area contributed by atoms with Crippen molar-refractivity contribution in [3.63, 3.8) is 0 Å². The van der Waals surface area contributed by atoms with Crippen LogP contribution in [0.25, 0.3) is 11.2 Å². The fourth-order valence-electron chi connectivity index (χ4n) is 1.76. The number of anilines is 1. The molecule has 0 fully saturated rings. The second kappa shape index (κ2) is 4.71. The molecule has 5 heteroatoms. The molecule has 2 heterocycles. The van der Waals surface area contributed by atoms with Gasteiger partial charge in [0, 0.05) is 18.8 Å². The minimum Gasteiger partial charge on any atom is -0.369 e. The van der Waals surface area contributed by atoms with Gasteiger partial charge in [-0.05, 0) is 32.6 Å². The molecule has 0 saturated carbocycles. The van der Waals surface area contributed by atoms with Crippen molar-refractivity contribution in [2.45, 2.75) is 20.4 Å². The van der Waals surface area contributed by atoms with Gasteiger partial charge >= 0.3 is 0 Å². The van der Waals surface area contributed by atoms with Crippen LogP contribution < -0.4 is 5.73 Å². The number of hydrogen-bond acceptors (Lipinski definition) is 4. The van der Waals surface area contributed by atoms with Crippen molar-refractivity contribution >= 4 is 17.1 Å².